The van der Waals surface area contributed by atoms with E-state index in [0.717, 1.165) is 42.6 Å². The van der Waals surface area contributed by atoms with Gasteiger partial charge in [0.2, 0.25) is 5.91 Å². The van der Waals surface area contributed by atoms with Gasteiger partial charge in [0, 0.05) is 25.7 Å². The van der Waals surface area contributed by atoms with E-state index in [2.05, 4.69) is 0 Å². The molecule has 1 aliphatic carbocycles. The molecule has 2 atom stereocenters. The summed E-state index contributed by atoms with van der Waals surface area (Å²) in [6.45, 7) is 0. The minimum Gasteiger partial charge on any atom is -0.497 e. The first-order chi connectivity index (χ1) is 14.5. The lowest BCUT2D eigenvalue weighted by Gasteiger charge is -2.47. The number of hydrogen-bond donors (Lipinski definition) is 0. The van der Waals surface area contributed by atoms with E-state index in [1.54, 1.807) is 26.1 Å². The van der Waals surface area contributed by atoms with Gasteiger partial charge in [-0.2, -0.15) is 0 Å². The Morgan fingerprint density at radius 3 is 2.30 bits per heavy atom. The van der Waals surface area contributed by atoms with Gasteiger partial charge in [-0.25, -0.2) is 0 Å². The van der Waals surface area contributed by atoms with Crippen molar-refractivity contribution in [3.63, 3.8) is 0 Å². The first kappa shape index (κ1) is 20.5. The van der Waals surface area contributed by atoms with Crippen LogP contribution in [0.4, 0.5) is 0 Å². The fraction of sp³-hybridized carbons (Fsp3) is 0.440. The van der Waals surface area contributed by atoms with Gasteiger partial charge in [0.1, 0.15) is 5.75 Å². The van der Waals surface area contributed by atoms with Crippen LogP contribution in [-0.2, 0) is 4.79 Å². The molecule has 2 aromatic carbocycles. The predicted molar refractivity (Wildman–Crippen MR) is 117 cm³/mol. The molecule has 1 heterocycles. The molecule has 0 spiro atoms. The van der Waals surface area contributed by atoms with Gasteiger partial charge in [0.05, 0.1) is 19.1 Å². The molecule has 0 bridgehead atoms. The summed E-state index contributed by atoms with van der Waals surface area (Å²) in [5, 5.41) is 0. The van der Waals surface area contributed by atoms with E-state index < -0.39 is 5.92 Å². The van der Waals surface area contributed by atoms with Gasteiger partial charge >= 0.3 is 0 Å². The van der Waals surface area contributed by atoms with E-state index in [1.165, 1.54) is 6.42 Å². The lowest BCUT2D eigenvalue weighted by atomic mass is 9.77. The minimum absolute atomic E-state index is 0.0246. The Kier molecular flexibility index (Phi) is 5.80. The second-order valence-electron chi connectivity index (χ2n) is 8.52. The zero-order valence-corrected chi connectivity index (χ0v) is 18.0. The topological polar surface area (TPSA) is 49.9 Å². The van der Waals surface area contributed by atoms with Gasteiger partial charge in [-0.1, -0.05) is 49.6 Å². The van der Waals surface area contributed by atoms with Crippen molar-refractivity contribution in [1.82, 2.24) is 9.80 Å². The van der Waals surface area contributed by atoms with E-state index in [9.17, 15) is 9.59 Å². The van der Waals surface area contributed by atoms with Gasteiger partial charge in [-0.05, 0) is 42.2 Å². The Morgan fingerprint density at radius 2 is 1.67 bits per heavy atom. The third kappa shape index (κ3) is 3.57. The van der Waals surface area contributed by atoms with Crippen LogP contribution in [0.3, 0.4) is 0 Å². The number of rotatable bonds is 4. The first-order valence-corrected chi connectivity index (χ1v) is 10.8. The van der Waals surface area contributed by atoms with Crippen LogP contribution >= 0.6 is 0 Å². The number of methoxy groups -OCH3 is 1. The average molecular weight is 407 g/mol. The van der Waals surface area contributed by atoms with Crippen molar-refractivity contribution in [3.05, 3.63) is 65.2 Å². The summed E-state index contributed by atoms with van der Waals surface area (Å²) in [5.41, 5.74) is 2.46. The Bertz CT molecular complexity index is 916. The molecule has 1 saturated carbocycles. The summed E-state index contributed by atoms with van der Waals surface area (Å²) < 4.78 is 5.33. The van der Waals surface area contributed by atoms with Crippen LogP contribution in [0.5, 0.6) is 5.75 Å². The second-order valence-corrected chi connectivity index (χ2v) is 8.52. The Morgan fingerprint density at radius 1 is 1.00 bits per heavy atom. The third-order valence-electron chi connectivity index (χ3n) is 6.51. The highest BCUT2D eigenvalue weighted by Gasteiger charge is 2.47. The number of nitrogens with zero attached hydrogens (tertiary/aromatic N) is 2. The third-order valence-corrected chi connectivity index (χ3v) is 6.51. The number of amides is 2. The number of carbonyl (C=O) groups is 2. The van der Waals surface area contributed by atoms with Gasteiger partial charge in [0.15, 0.2) is 0 Å². The van der Waals surface area contributed by atoms with Gasteiger partial charge in [0.25, 0.3) is 5.91 Å². The number of fused-ring (bicyclic) bond motifs is 1. The van der Waals surface area contributed by atoms with E-state index in [4.69, 9.17) is 4.74 Å². The van der Waals surface area contributed by atoms with Crippen molar-refractivity contribution in [3.8, 4) is 5.75 Å². The summed E-state index contributed by atoms with van der Waals surface area (Å²) in [6.07, 6.45) is 5.44. The van der Waals surface area contributed by atoms with Crippen molar-refractivity contribution in [2.45, 2.75) is 50.1 Å². The number of likely N-dealkylation sites (N-methyl/N-ethyl adjacent to an activating group) is 1. The van der Waals surface area contributed by atoms with Crippen molar-refractivity contribution in [2.24, 2.45) is 0 Å². The molecule has 1 fully saturated rings. The van der Waals surface area contributed by atoms with Gasteiger partial charge in [-0.3, -0.25) is 9.59 Å². The fourth-order valence-electron chi connectivity index (χ4n) is 5.01. The average Bonchev–Trinajstić information content (AvgIpc) is 2.79. The molecule has 0 saturated heterocycles. The summed E-state index contributed by atoms with van der Waals surface area (Å²) in [7, 11) is 5.22. The maximum absolute atomic E-state index is 13.7. The van der Waals surface area contributed by atoms with Crippen LogP contribution in [0.25, 0.3) is 0 Å². The highest BCUT2D eigenvalue weighted by molar-refractivity contribution is 6.01. The van der Waals surface area contributed by atoms with Crippen molar-refractivity contribution < 1.29 is 14.3 Å². The van der Waals surface area contributed by atoms with Gasteiger partial charge < -0.3 is 14.5 Å². The Hall–Kier alpha value is -2.82. The summed E-state index contributed by atoms with van der Waals surface area (Å²) in [6, 6.07) is 15.3. The van der Waals surface area contributed by atoms with Crippen LogP contribution in [0.1, 0.15) is 65.5 Å². The Labute approximate surface area is 178 Å². The minimum atomic E-state index is -0.427. The van der Waals surface area contributed by atoms with Crippen molar-refractivity contribution in [1.29, 1.82) is 0 Å². The standard InChI is InChI=1S/C25H30N2O3/c1-26(2)25(29)22-20-11-7-8-12-21(20)24(28)27(18-9-5-4-6-10-18)23(22)17-13-15-19(30-3)16-14-17/h7-8,11-16,18,22-23H,4-6,9-10H2,1-3H3. The molecule has 5 heteroatoms. The molecule has 4 rings (SSSR count). The molecule has 158 valence electrons. The predicted octanol–water partition coefficient (Wildman–Crippen LogP) is 4.40. The molecule has 2 amide bonds. The molecule has 0 radical (unpaired) electrons. The van der Waals surface area contributed by atoms with E-state index >= 15 is 0 Å². The maximum atomic E-state index is 13.7. The van der Waals surface area contributed by atoms with Crippen LogP contribution in [0, 0.1) is 0 Å². The molecule has 2 aromatic rings. The van der Waals surface area contributed by atoms with Crippen LogP contribution in [-0.4, -0.2) is 48.9 Å². The molecule has 5 nitrogen and oxygen atoms in total. The SMILES string of the molecule is COc1ccc(C2C(C(=O)N(C)C)c3ccccc3C(=O)N2C2CCCCC2)cc1. The monoisotopic (exact) mass is 406 g/mol. The molecule has 0 N–H and O–H groups in total. The molecular formula is C25H30N2O3. The van der Waals surface area contributed by atoms with Crippen LogP contribution in [0.2, 0.25) is 0 Å². The lowest BCUT2D eigenvalue weighted by Crippen LogP contribution is -2.51. The smallest absolute Gasteiger partial charge is 0.254 e. The van der Waals surface area contributed by atoms with Crippen LogP contribution < -0.4 is 4.74 Å². The summed E-state index contributed by atoms with van der Waals surface area (Å²) in [4.78, 5) is 30.9. The normalized spacial score (nSPS) is 21.8. The maximum Gasteiger partial charge on any atom is 0.254 e. The Balaban J connectivity index is 1.89. The van der Waals surface area contributed by atoms with Crippen LogP contribution in [0.15, 0.2) is 48.5 Å². The molecular weight excluding hydrogens is 376 g/mol. The van der Waals surface area contributed by atoms with Crippen molar-refractivity contribution >= 4 is 11.8 Å². The molecule has 30 heavy (non-hydrogen) atoms. The first-order valence-electron chi connectivity index (χ1n) is 10.8. The zero-order valence-electron chi connectivity index (χ0n) is 18.0. The fourth-order valence-corrected chi connectivity index (χ4v) is 5.01. The quantitative estimate of drug-likeness (QED) is 0.756. The molecule has 0 aromatic heterocycles. The summed E-state index contributed by atoms with van der Waals surface area (Å²) >= 11 is 0. The van der Waals surface area contributed by atoms with E-state index in [1.807, 2.05) is 53.4 Å². The number of hydrogen-bond acceptors (Lipinski definition) is 3. The highest BCUT2D eigenvalue weighted by Crippen LogP contribution is 2.46. The van der Waals surface area contributed by atoms with E-state index in [0.29, 0.717) is 5.56 Å². The second kappa shape index (κ2) is 8.50. The number of ether oxygens (including phenoxy) is 1. The molecule has 2 aliphatic rings. The summed E-state index contributed by atoms with van der Waals surface area (Å²) in [5.74, 6) is 0.405. The molecule has 2 unspecified atom stereocenters. The molecule has 1 aliphatic heterocycles. The largest absolute Gasteiger partial charge is 0.497 e. The van der Waals surface area contributed by atoms with Crippen molar-refractivity contribution in [2.75, 3.05) is 21.2 Å². The number of carbonyl (C=O) groups excluding carboxylic acids is 2. The zero-order chi connectivity index (χ0) is 21.3. The van der Waals surface area contributed by atoms with E-state index in [-0.39, 0.29) is 23.9 Å². The highest BCUT2D eigenvalue weighted by atomic mass is 16.5. The van der Waals surface area contributed by atoms with Gasteiger partial charge in [-0.15, -0.1) is 0 Å². The lowest BCUT2D eigenvalue weighted by molar-refractivity contribution is -0.132. The number of benzene rings is 2.